The maximum Gasteiger partial charge on any atom is 0.162 e. The molecule has 0 spiro atoms. The summed E-state index contributed by atoms with van der Waals surface area (Å²) in [7, 11) is 1.69. The minimum atomic E-state index is 0.343. The number of hydrogen-bond donors (Lipinski definition) is 1. The van der Waals surface area contributed by atoms with Crippen LogP contribution in [0.2, 0.25) is 0 Å². The molecule has 0 aliphatic heterocycles. The van der Waals surface area contributed by atoms with Gasteiger partial charge in [-0.2, -0.15) is 0 Å². The SMILES string of the molecule is COc1ccc(-c2cc[nH]c2)cc1OC1CCCC1. The van der Waals surface area contributed by atoms with Gasteiger partial charge in [-0.05, 0) is 55.0 Å². The number of nitrogens with one attached hydrogen (secondary N) is 1. The smallest absolute Gasteiger partial charge is 0.162 e. The van der Waals surface area contributed by atoms with E-state index in [-0.39, 0.29) is 0 Å². The van der Waals surface area contributed by atoms with Crippen LogP contribution >= 0.6 is 0 Å². The Hall–Kier alpha value is -1.90. The Morgan fingerprint density at radius 1 is 1.05 bits per heavy atom. The van der Waals surface area contributed by atoms with Crippen LogP contribution in [0.25, 0.3) is 11.1 Å². The van der Waals surface area contributed by atoms with Crippen molar-refractivity contribution in [3.8, 4) is 22.6 Å². The number of aromatic amines is 1. The fourth-order valence-corrected chi connectivity index (χ4v) is 2.64. The van der Waals surface area contributed by atoms with Crippen LogP contribution in [0.5, 0.6) is 11.5 Å². The minimum absolute atomic E-state index is 0.343. The lowest BCUT2D eigenvalue weighted by Gasteiger charge is -2.16. The molecule has 1 aliphatic carbocycles. The third-order valence-corrected chi connectivity index (χ3v) is 3.69. The third kappa shape index (κ3) is 2.60. The van der Waals surface area contributed by atoms with Crippen LogP contribution in [0.3, 0.4) is 0 Å². The summed E-state index contributed by atoms with van der Waals surface area (Å²) >= 11 is 0. The van der Waals surface area contributed by atoms with Gasteiger partial charge in [-0.25, -0.2) is 0 Å². The van der Waals surface area contributed by atoms with Crippen LogP contribution < -0.4 is 9.47 Å². The first-order valence-corrected chi connectivity index (χ1v) is 6.84. The fraction of sp³-hybridized carbons (Fsp3) is 0.375. The van der Waals surface area contributed by atoms with E-state index in [0.717, 1.165) is 29.9 Å². The summed E-state index contributed by atoms with van der Waals surface area (Å²) in [5.41, 5.74) is 2.31. The highest BCUT2D eigenvalue weighted by atomic mass is 16.5. The Morgan fingerprint density at radius 3 is 2.58 bits per heavy atom. The maximum atomic E-state index is 6.10. The van der Waals surface area contributed by atoms with Gasteiger partial charge in [0.05, 0.1) is 13.2 Å². The van der Waals surface area contributed by atoms with Crippen LogP contribution in [0.1, 0.15) is 25.7 Å². The molecule has 1 fully saturated rings. The molecule has 3 rings (SSSR count). The first-order valence-electron chi connectivity index (χ1n) is 6.84. The van der Waals surface area contributed by atoms with Crippen molar-refractivity contribution in [2.75, 3.05) is 7.11 Å². The summed E-state index contributed by atoms with van der Waals surface area (Å²) in [5.74, 6) is 1.67. The van der Waals surface area contributed by atoms with E-state index in [1.807, 2.05) is 18.5 Å². The van der Waals surface area contributed by atoms with Crippen molar-refractivity contribution in [3.63, 3.8) is 0 Å². The summed E-state index contributed by atoms with van der Waals surface area (Å²) in [6.45, 7) is 0. The number of ether oxygens (including phenoxy) is 2. The number of aromatic nitrogens is 1. The summed E-state index contributed by atoms with van der Waals surface area (Å²) in [5, 5.41) is 0. The highest BCUT2D eigenvalue weighted by molar-refractivity contribution is 5.66. The van der Waals surface area contributed by atoms with Gasteiger partial charge in [-0.1, -0.05) is 6.07 Å². The normalized spacial score (nSPS) is 15.6. The molecule has 0 radical (unpaired) electrons. The van der Waals surface area contributed by atoms with Crippen molar-refractivity contribution in [1.82, 2.24) is 4.98 Å². The molecule has 1 aromatic carbocycles. The molecule has 0 unspecified atom stereocenters. The fourth-order valence-electron chi connectivity index (χ4n) is 2.64. The monoisotopic (exact) mass is 257 g/mol. The summed E-state index contributed by atoms with van der Waals surface area (Å²) < 4.78 is 11.5. The third-order valence-electron chi connectivity index (χ3n) is 3.69. The molecule has 3 heteroatoms. The second kappa shape index (κ2) is 5.39. The molecule has 0 amide bonds. The van der Waals surface area contributed by atoms with Crippen LogP contribution in [-0.4, -0.2) is 18.2 Å². The second-order valence-electron chi connectivity index (χ2n) is 4.99. The van der Waals surface area contributed by atoms with Gasteiger partial charge in [0.1, 0.15) is 0 Å². The molecule has 0 atom stereocenters. The van der Waals surface area contributed by atoms with Crippen LogP contribution in [-0.2, 0) is 0 Å². The first-order chi connectivity index (χ1) is 9.36. The molecule has 1 N–H and O–H groups in total. The lowest BCUT2D eigenvalue weighted by atomic mass is 10.1. The topological polar surface area (TPSA) is 34.2 Å². The molecular formula is C16H19NO2. The van der Waals surface area contributed by atoms with Gasteiger partial charge in [0.15, 0.2) is 11.5 Å². The quantitative estimate of drug-likeness (QED) is 0.898. The number of benzene rings is 1. The molecule has 1 saturated carbocycles. The molecule has 2 aromatic rings. The van der Waals surface area contributed by atoms with E-state index in [0.29, 0.717) is 6.10 Å². The van der Waals surface area contributed by atoms with Crippen molar-refractivity contribution >= 4 is 0 Å². The first kappa shape index (κ1) is 12.2. The zero-order valence-corrected chi connectivity index (χ0v) is 11.2. The highest BCUT2D eigenvalue weighted by Gasteiger charge is 2.18. The van der Waals surface area contributed by atoms with Crippen LogP contribution in [0.4, 0.5) is 0 Å². The van der Waals surface area contributed by atoms with Gasteiger partial charge in [0.25, 0.3) is 0 Å². The summed E-state index contributed by atoms with van der Waals surface area (Å²) in [6, 6.07) is 8.16. The van der Waals surface area contributed by atoms with Crippen molar-refractivity contribution < 1.29 is 9.47 Å². The number of rotatable bonds is 4. The van der Waals surface area contributed by atoms with E-state index >= 15 is 0 Å². The van der Waals surface area contributed by atoms with Gasteiger partial charge in [0.2, 0.25) is 0 Å². The second-order valence-corrected chi connectivity index (χ2v) is 4.99. The predicted molar refractivity (Wildman–Crippen MR) is 75.7 cm³/mol. The van der Waals surface area contributed by atoms with E-state index in [1.165, 1.54) is 18.4 Å². The zero-order valence-electron chi connectivity index (χ0n) is 11.2. The van der Waals surface area contributed by atoms with E-state index < -0.39 is 0 Å². The molecule has 0 bridgehead atoms. The van der Waals surface area contributed by atoms with Crippen LogP contribution in [0, 0.1) is 0 Å². The van der Waals surface area contributed by atoms with Crippen LogP contribution in [0.15, 0.2) is 36.7 Å². The molecular weight excluding hydrogens is 238 g/mol. The Kier molecular flexibility index (Phi) is 3.45. The molecule has 19 heavy (non-hydrogen) atoms. The Labute approximate surface area is 113 Å². The lowest BCUT2D eigenvalue weighted by molar-refractivity contribution is 0.201. The molecule has 0 saturated heterocycles. The van der Waals surface area contributed by atoms with Gasteiger partial charge < -0.3 is 14.5 Å². The van der Waals surface area contributed by atoms with E-state index in [1.54, 1.807) is 7.11 Å². The number of hydrogen-bond acceptors (Lipinski definition) is 2. The zero-order chi connectivity index (χ0) is 13.1. The molecule has 1 aromatic heterocycles. The molecule has 1 heterocycles. The summed E-state index contributed by atoms with van der Waals surface area (Å²) in [4.78, 5) is 3.08. The van der Waals surface area contributed by atoms with Crippen molar-refractivity contribution in [1.29, 1.82) is 0 Å². The van der Waals surface area contributed by atoms with Gasteiger partial charge in [0, 0.05) is 12.4 Å². The molecule has 1 aliphatic rings. The largest absolute Gasteiger partial charge is 0.493 e. The Balaban J connectivity index is 1.88. The van der Waals surface area contributed by atoms with Gasteiger partial charge in [-0.3, -0.25) is 0 Å². The van der Waals surface area contributed by atoms with E-state index in [9.17, 15) is 0 Å². The Morgan fingerprint density at radius 2 is 1.89 bits per heavy atom. The van der Waals surface area contributed by atoms with E-state index in [4.69, 9.17) is 9.47 Å². The lowest BCUT2D eigenvalue weighted by Crippen LogP contribution is -2.11. The highest BCUT2D eigenvalue weighted by Crippen LogP contribution is 2.35. The molecule has 3 nitrogen and oxygen atoms in total. The van der Waals surface area contributed by atoms with Crippen molar-refractivity contribution in [2.45, 2.75) is 31.8 Å². The van der Waals surface area contributed by atoms with Gasteiger partial charge >= 0.3 is 0 Å². The number of H-pyrrole nitrogens is 1. The maximum absolute atomic E-state index is 6.10. The number of methoxy groups -OCH3 is 1. The summed E-state index contributed by atoms with van der Waals surface area (Å²) in [6.07, 6.45) is 9.10. The average molecular weight is 257 g/mol. The standard InChI is InChI=1S/C16H19NO2/c1-18-15-7-6-12(13-8-9-17-11-13)10-16(15)19-14-4-2-3-5-14/h6-11,14,17H,2-5H2,1H3. The van der Waals surface area contributed by atoms with Crippen molar-refractivity contribution in [3.05, 3.63) is 36.7 Å². The van der Waals surface area contributed by atoms with E-state index in [2.05, 4.69) is 23.2 Å². The molecule has 100 valence electrons. The Bertz CT molecular complexity index is 528. The predicted octanol–water partition coefficient (Wildman–Crippen LogP) is 4.01. The van der Waals surface area contributed by atoms with Gasteiger partial charge in [-0.15, -0.1) is 0 Å². The average Bonchev–Trinajstić information content (AvgIpc) is 3.11. The minimum Gasteiger partial charge on any atom is -0.493 e. The van der Waals surface area contributed by atoms with Crippen molar-refractivity contribution in [2.24, 2.45) is 0 Å².